The second-order valence-corrected chi connectivity index (χ2v) is 4.91. The summed E-state index contributed by atoms with van der Waals surface area (Å²) in [5.41, 5.74) is 1.15. The molecule has 0 saturated carbocycles. The minimum absolute atomic E-state index is 0.203. The van der Waals surface area contributed by atoms with Crippen LogP contribution in [-0.4, -0.2) is 29.8 Å². The molecule has 3 heteroatoms. The van der Waals surface area contributed by atoms with E-state index in [1.165, 1.54) is 11.5 Å². The molecule has 0 amide bonds. The molecule has 0 heterocycles. The number of thioether (sulfide) groups is 1. The Morgan fingerprint density at radius 3 is 2.62 bits per heavy atom. The highest BCUT2D eigenvalue weighted by Gasteiger charge is 1.95. The first-order valence-corrected chi connectivity index (χ1v) is 6.92. The largest absolute Gasteiger partial charge is 0.494 e. The molecule has 0 aromatic heterocycles. The number of aliphatic hydroxyl groups excluding tert-OH is 1. The van der Waals surface area contributed by atoms with Crippen LogP contribution in [0.5, 0.6) is 5.75 Å². The zero-order valence-electron chi connectivity index (χ0n) is 9.82. The van der Waals surface area contributed by atoms with Crippen LogP contribution in [0.2, 0.25) is 0 Å². The van der Waals surface area contributed by atoms with E-state index in [-0.39, 0.29) is 6.61 Å². The molecule has 0 radical (unpaired) electrons. The Morgan fingerprint density at radius 1 is 1.25 bits per heavy atom. The Kier molecular flexibility index (Phi) is 7.10. The first-order chi connectivity index (χ1) is 7.86. The van der Waals surface area contributed by atoms with Crippen LogP contribution in [0.4, 0.5) is 0 Å². The van der Waals surface area contributed by atoms with Crippen LogP contribution in [0, 0.1) is 0 Å². The zero-order valence-corrected chi connectivity index (χ0v) is 10.6. The average Bonchev–Trinajstić information content (AvgIpc) is 2.31. The van der Waals surface area contributed by atoms with Crippen molar-refractivity contribution in [1.29, 1.82) is 0 Å². The number of aliphatic hydroxyl groups is 1. The van der Waals surface area contributed by atoms with Gasteiger partial charge in [0.15, 0.2) is 0 Å². The highest BCUT2D eigenvalue weighted by Crippen LogP contribution is 2.13. The van der Waals surface area contributed by atoms with Gasteiger partial charge in [-0.05, 0) is 42.0 Å². The van der Waals surface area contributed by atoms with Gasteiger partial charge in [0.25, 0.3) is 0 Å². The van der Waals surface area contributed by atoms with E-state index < -0.39 is 0 Å². The van der Waals surface area contributed by atoms with Gasteiger partial charge in [0.05, 0.1) is 6.61 Å². The first-order valence-electron chi connectivity index (χ1n) is 5.77. The van der Waals surface area contributed by atoms with E-state index >= 15 is 0 Å². The van der Waals surface area contributed by atoms with Gasteiger partial charge in [-0.15, -0.1) is 0 Å². The molecule has 0 fully saturated rings. The second kappa shape index (κ2) is 8.48. The standard InChI is InChI=1S/C13H20O2S/c1-2-16-11-3-10-15-13-6-4-12(5-7-13)8-9-14/h4-7,14H,2-3,8-11H2,1H3. The third-order valence-electron chi connectivity index (χ3n) is 2.23. The van der Waals surface area contributed by atoms with Gasteiger partial charge in [-0.1, -0.05) is 19.1 Å². The van der Waals surface area contributed by atoms with E-state index in [4.69, 9.17) is 9.84 Å². The molecule has 1 aromatic rings. The molecular weight excluding hydrogens is 220 g/mol. The first kappa shape index (κ1) is 13.4. The summed E-state index contributed by atoms with van der Waals surface area (Å²) in [5, 5.41) is 8.78. The lowest BCUT2D eigenvalue weighted by Crippen LogP contribution is -1.99. The van der Waals surface area contributed by atoms with E-state index in [1.807, 2.05) is 36.0 Å². The van der Waals surface area contributed by atoms with Gasteiger partial charge in [0, 0.05) is 6.61 Å². The third-order valence-corrected chi connectivity index (χ3v) is 3.22. The maximum atomic E-state index is 8.78. The quantitative estimate of drug-likeness (QED) is 0.709. The fraction of sp³-hybridized carbons (Fsp3) is 0.538. The predicted octanol–water partition coefficient (Wildman–Crippen LogP) is 2.74. The average molecular weight is 240 g/mol. The normalized spacial score (nSPS) is 10.4. The Bertz CT molecular complexity index is 272. The van der Waals surface area contributed by atoms with Crippen LogP contribution < -0.4 is 4.74 Å². The van der Waals surface area contributed by atoms with E-state index in [0.29, 0.717) is 6.42 Å². The number of rotatable bonds is 8. The van der Waals surface area contributed by atoms with Gasteiger partial charge in [0.1, 0.15) is 5.75 Å². The number of hydrogen-bond acceptors (Lipinski definition) is 3. The van der Waals surface area contributed by atoms with Crippen molar-refractivity contribution in [2.75, 3.05) is 24.7 Å². The van der Waals surface area contributed by atoms with Crippen molar-refractivity contribution in [3.8, 4) is 5.75 Å². The van der Waals surface area contributed by atoms with Crippen LogP contribution in [0.3, 0.4) is 0 Å². The number of ether oxygens (including phenoxy) is 1. The highest BCUT2D eigenvalue weighted by molar-refractivity contribution is 7.99. The van der Waals surface area contributed by atoms with Crippen molar-refractivity contribution in [3.63, 3.8) is 0 Å². The Balaban J connectivity index is 2.21. The SMILES string of the molecule is CCSCCCOc1ccc(CCO)cc1. The molecule has 0 aliphatic carbocycles. The molecule has 2 nitrogen and oxygen atoms in total. The Hall–Kier alpha value is -0.670. The zero-order chi connectivity index (χ0) is 11.6. The van der Waals surface area contributed by atoms with Gasteiger partial charge in [0.2, 0.25) is 0 Å². The minimum Gasteiger partial charge on any atom is -0.494 e. The fourth-order valence-electron chi connectivity index (χ4n) is 1.38. The minimum atomic E-state index is 0.203. The van der Waals surface area contributed by atoms with Crippen LogP contribution in [0.25, 0.3) is 0 Å². The molecule has 0 spiro atoms. The van der Waals surface area contributed by atoms with Crippen LogP contribution in [0.15, 0.2) is 24.3 Å². The van der Waals surface area contributed by atoms with Crippen LogP contribution in [-0.2, 0) is 6.42 Å². The molecule has 16 heavy (non-hydrogen) atoms. The number of benzene rings is 1. The smallest absolute Gasteiger partial charge is 0.119 e. The summed E-state index contributed by atoms with van der Waals surface area (Å²) in [4.78, 5) is 0. The molecule has 1 aromatic carbocycles. The molecular formula is C13H20O2S. The van der Waals surface area contributed by atoms with Crippen molar-refractivity contribution in [1.82, 2.24) is 0 Å². The van der Waals surface area contributed by atoms with E-state index in [2.05, 4.69) is 6.92 Å². The summed E-state index contributed by atoms with van der Waals surface area (Å²) in [6.07, 6.45) is 1.81. The molecule has 0 unspecified atom stereocenters. The summed E-state index contributed by atoms with van der Waals surface area (Å²) < 4.78 is 5.61. The van der Waals surface area contributed by atoms with E-state index in [1.54, 1.807) is 0 Å². The summed E-state index contributed by atoms with van der Waals surface area (Å²) >= 11 is 1.94. The van der Waals surface area contributed by atoms with Gasteiger partial charge >= 0.3 is 0 Å². The fourth-order valence-corrected chi connectivity index (χ4v) is 1.99. The molecule has 90 valence electrons. The summed E-state index contributed by atoms with van der Waals surface area (Å²) in [7, 11) is 0. The summed E-state index contributed by atoms with van der Waals surface area (Å²) in [5.74, 6) is 3.26. The third kappa shape index (κ3) is 5.42. The molecule has 0 saturated heterocycles. The topological polar surface area (TPSA) is 29.5 Å². The maximum Gasteiger partial charge on any atom is 0.119 e. The molecule has 0 bridgehead atoms. The van der Waals surface area contributed by atoms with Gasteiger partial charge in [-0.3, -0.25) is 0 Å². The van der Waals surface area contributed by atoms with E-state index in [0.717, 1.165) is 24.3 Å². The predicted molar refractivity (Wildman–Crippen MR) is 70.3 cm³/mol. The van der Waals surface area contributed by atoms with Gasteiger partial charge in [-0.2, -0.15) is 11.8 Å². The molecule has 0 aliphatic rings. The lowest BCUT2D eigenvalue weighted by Gasteiger charge is -2.06. The summed E-state index contributed by atoms with van der Waals surface area (Å²) in [6.45, 7) is 3.16. The van der Waals surface area contributed by atoms with Crippen molar-refractivity contribution in [2.45, 2.75) is 19.8 Å². The number of hydrogen-bond donors (Lipinski definition) is 1. The Morgan fingerprint density at radius 2 is 2.00 bits per heavy atom. The lowest BCUT2D eigenvalue weighted by molar-refractivity contribution is 0.299. The molecule has 1 rings (SSSR count). The summed E-state index contributed by atoms with van der Waals surface area (Å²) in [6, 6.07) is 7.95. The van der Waals surface area contributed by atoms with Crippen molar-refractivity contribution >= 4 is 11.8 Å². The molecule has 1 N–H and O–H groups in total. The van der Waals surface area contributed by atoms with Gasteiger partial charge < -0.3 is 9.84 Å². The monoisotopic (exact) mass is 240 g/mol. The van der Waals surface area contributed by atoms with Crippen molar-refractivity contribution < 1.29 is 9.84 Å². The van der Waals surface area contributed by atoms with E-state index in [9.17, 15) is 0 Å². The maximum absolute atomic E-state index is 8.78. The van der Waals surface area contributed by atoms with Gasteiger partial charge in [-0.25, -0.2) is 0 Å². The highest BCUT2D eigenvalue weighted by atomic mass is 32.2. The Labute approximate surface area is 102 Å². The lowest BCUT2D eigenvalue weighted by atomic mass is 10.1. The second-order valence-electron chi connectivity index (χ2n) is 3.52. The molecule has 0 aliphatic heterocycles. The van der Waals surface area contributed by atoms with Crippen LogP contribution >= 0.6 is 11.8 Å². The van der Waals surface area contributed by atoms with Crippen molar-refractivity contribution in [3.05, 3.63) is 29.8 Å². The van der Waals surface area contributed by atoms with Crippen molar-refractivity contribution in [2.24, 2.45) is 0 Å². The van der Waals surface area contributed by atoms with Crippen LogP contribution in [0.1, 0.15) is 18.9 Å². The molecule has 0 atom stereocenters.